The number of para-hydroxylation sites is 1. The number of aromatic nitrogens is 2. The maximum absolute atomic E-state index is 13.5. The van der Waals surface area contributed by atoms with Crippen LogP contribution in [-0.4, -0.2) is 22.0 Å². The van der Waals surface area contributed by atoms with Crippen LogP contribution in [0.25, 0.3) is 33.5 Å². The smallest absolute Gasteiger partial charge is 0.282 e. The van der Waals surface area contributed by atoms with Crippen LogP contribution < -0.4 is 10.3 Å². The molecule has 1 atom stereocenters. The minimum absolute atomic E-state index is 0.0406. The van der Waals surface area contributed by atoms with Gasteiger partial charge < -0.3 is 9.15 Å². The molecule has 3 aromatic carbocycles. The monoisotopic (exact) mass is 593 g/mol. The van der Waals surface area contributed by atoms with Gasteiger partial charge in [0.2, 0.25) is 5.82 Å². The fourth-order valence-corrected chi connectivity index (χ4v) is 4.42. The molecular formula is C27H21Br2N3O3. The molecule has 5 rings (SSSR count). The highest BCUT2D eigenvalue weighted by Gasteiger charge is 2.17. The second-order valence-electron chi connectivity index (χ2n) is 8.13. The first kappa shape index (κ1) is 23.5. The summed E-state index contributed by atoms with van der Waals surface area (Å²) in [7, 11) is 0. The highest BCUT2D eigenvalue weighted by atomic mass is 79.9. The standard InChI is InChI=1S/C27H21Br2N3O3/c1-3-16(2)34-24-11-9-20(29)13-18(24)15-30-32-26(31-22-7-5-4-6-21(22)27(32)33)25-14-17-12-19(28)8-10-23(17)35-25/h4-16H,3H2,1-2H3/t16-/m1/s1. The molecule has 0 amide bonds. The Labute approximate surface area is 218 Å². The van der Waals surface area contributed by atoms with Gasteiger partial charge in [-0.15, -0.1) is 0 Å². The molecule has 0 aliphatic carbocycles. The van der Waals surface area contributed by atoms with E-state index >= 15 is 0 Å². The van der Waals surface area contributed by atoms with E-state index in [0.29, 0.717) is 33.8 Å². The van der Waals surface area contributed by atoms with Crippen LogP contribution in [0.3, 0.4) is 0 Å². The fourth-order valence-electron chi connectivity index (χ4n) is 3.66. The summed E-state index contributed by atoms with van der Waals surface area (Å²) < 4.78 is 15.2. The summed E-state index contributed by atoms with van der Waals surface area (Å²) in [5, 5.41) is 5.93. The lowest BCUT2D eigenvalue weighted by atomic mass is 10.2. The highest BCUT2D eigenvalue weighted by Crippen LogP contribution is 2.29. The predicted octanol–water partition coefficient (Wildman–Crippen LogP) is 7.39. The maximum Gasteiger partial charge on any atom is 0.282 e. The lowest BCUT2D eigenvalue weighted by molar-refractivity contribution is 0.217. The highest BCUT2D eigenvalue weighted by molar-refractivity contribution is 9.10. The summed E-state index contributed by atoms with van der Waals surface area (Å²) in [6, 6.07) is 20.5. The van der Waals surface area contributed by atoms with Crippen LogP contribution in [0.2, 0.25) is 0 Å². The second kappa shape index (κ2) is 9.79. The average Bonchev–Trinajstić information content (AvgIpc) is 3.27. The average molecular weight is 595 g/mol. The number of furan rings is 1. The third-order valence-electron chi connectivity index (χ3n) is 5.64. The third-order valence-corrected chi connectivity index (χ3v) is 6.63. The Balaban J connectivity index is 1.69. The van der Waals surface area contributed by atoms with Crippen LogP contribution in [0.1, 0.15) is 25.8 Å². The van der Waals surface area contributed by atoms with Crippen molar-refractivity contribution in [2.24, 2.45) is 5.10 Å². The summed E-state index contributed by atoms with van der Waals surface area (Å²) in [6.45, 7) is 4.08. The summed E-state index contributed by atoms with van der Waals surface area (Å²) in [5.74, 6) is 1.45. The van der Waals surface area contributed by atoms with Gasteiger partial charge in [0.25, 0.3) is 5.56 Å². The van der Waals surface area contributed by atoms with E-state index < -0.39 is 0 Å². The van der Waals surface area contributed by atoms with Gasteiger partial charge in [0.1, 0.15) is 11.3 Å². The van der Waals surface area contributed by atoms with Crippen molar-refractivity contribution in [2.75, 3.05) is 0 Å². The van der Waals surface area contributed by atoms with E-state index in [2.05, 4.69) is 43.9 Å². The second-order valence-corrected chi connectivity index (χ2v) is 9.96. The van der Waals surface area contributed by atoms with Crippen LogP contribution in [-0.2, 0) is 0 Å². The molecule has 0 aliphatic rings. The minimum atomic E-state index is -0.289. The molecule has 8 heteroatoms. The van der Waals surface area contributed by atoms with Crippen molar-refractivity contribution < 1.29 is 9.15 Å². The van der Waals surface area contributed by atoms with Crippen molar-refractivity contribution in [3.8, 4) is 17.3 Å². The molecule has 0 saturated heterocycles. The lowest BCUT2D eigenvalue weighted by Gasteiger charge is -2.15. The zero-order chi connectivity index (χ0) is 24.5. The fraction of sp³-hybridized carbons (Fsp3) is 0.148. The van der Waals surface area contributed by atoms with Crippen LogP contribution in [0.4, 0.5) is 0 Å². The van der Waals surface area contributed by atoms with Gasteiger partial charge >= 0.3 is 0 Å². The van der Waals surface area contributed by atoms with Gasteiger partial charge in [-0.1, -0.05) is 50.9 Å². The SMILES string of the molecule is CC[C@@H](C)Oc1ccc(Br)cc1C=Nn1c(-c2cc3cc(Br)ccc3o2)nc2ccccc2c1=O. The first-order chi connectivity index (χ1) is 16.9. The van der Waals surface area contributed by atoms with Crippen molar-refractivity contribution in [1.82, 2.24) is 9.66 Å². The molecule has 2 aromatic heterocycles. The van der Waals surface area contributed by atoms with E-state index in [1.54, 1.807) is 18.3 Å². The Kier molecular flexibility index (Phi) is 6.58. The van der Waals surface area contributed by atoms with Crippen molar-refractivity contribution >= 4 is 59.9 Å². The van der Waals surface area contributed by atoms with Gasteiger partial charge in [-0.3, -0.25) is 4.79 Å². The van der Waals surface area contributed by atoms with E-state index in [4.69, 9.17) is 14.1 Å². The largest absolute Gasteiger partial charge is 0.490 e. The van der Waals surface area contributed by atoms with E-state index in [9.17, 15) is 4.79 Å². The number of fused-ring (bicyclic) bond motifs is 2. The predicted molar refractivity (Wildman–Crippen MR) is 146 cm³/mol. The van der Waals surface area contributed by atoms with Gasteiger partial charge in [-0.05, 0) is 67.9 Å². The van der Waals surface area contributed by atoms with Crippen molar-refractivity contribution in [3.63, 3.8) is 0 Å². The molecule has 2 heterocycles. The van der Waals surface area contributed by atoms with Crippen molar-refractivity contribution in [3.05, 3.63) is 91.6 Å². The number of rotatable bonds is 6. The molecule has 0 N–H and O–H groups in total. The molecule has 5 aromatic rings. The topological polar surface area (TPSA) is 69.6 Å². The number of ether oxygens (including phenoxy) is 1. The Hall–Kier alpha value is -3.23. The van der Waals surface area contributed by atoms with Crippen LogP contribution in [0.15, 0.2) is 90.0 Å². The van der Waals surface area contributed by atoms with Gasteiger partial charge in [0.15, 0.2) is 5.76 Å². The zero-order valence-corrected chi connectivity index (χ0v) is 22.2. The quantitative estimate of drug-likeness (QED) is 0.192. The number of halogens is 2. The molecule has 0 unspecified atom stereocenters. The summed E-state index contributed by atoms with van der Waals surface area (Å²) in [6.07, 6.45) is 2.52. The van der Waals surface area contributed by atoms with Crippen LogP contribution >= 0.6 is 31.9 Å². The van der Waals surface area contributed by atoms with Gasteiger partial charge in [-0.2, -0.15) is 9.78 Å². The van der Waals surface area contributed by atoms with Crippen molar-refractivity contribution in [2.45, 2.75) is 26.4 Å². The third kappa shape index (κ3) is 4.81. The molecule has 6 nitrogen and oxygen atoms in total. The van der Waals surface area contributed by atoms with Gasteiger partial charge in [-0.25, -0.2) is 4.98 Å². The first-order valence-corrected chi connectivity index (χ1v) is 12.7. The van der Waals surface area contributed by atoms with Crippen LogP contribution in [0.5, 0.6) is 5.75 Å². The molecule has 0 saturated carbocycles. The number of nitrogens with zero attached hydrogens (tertiary/aromatic N) is 3. The molecule has 0 radical (unpaired) electrons. The lowest BCUT2D eigenvalue weighted by Crippen LogP contribution is -2.20. The van der Waals surface area contributed by atoms with E-state index in [1.165, 1.54) is 4.68 Å². The summed E-state index contributed by atoms with van der Waals surface area (Å²) >= 11 is 7.00. The molecular weight excluding hydrogens is 574 g/mol. The Bertz CT molecular complexity index is 1640. The Morgan fingerprint density at radius 2 is 1.86 bits per heavy atom. The number of hydrogen-bond donors (Lipinski definition) is 0. The van der Waals surface area contributed by atoms with Crippen LogP contribution in [0, 0.1) is 0 Å². The molecule has 0 bridgehead atoms. The Morgan fingerprint density at radius 3 is 2.69 bits per heavy atom. The van der Waals surface area contributed by atoms with Crippen molar-refractivity contribution in [1.29, 1.82) is 0 Å². The Morgan fingerprint density at radius 1 is 1.09 bits per heavy atom. The zero-order valence-electron chi connectivity index (χ0n) is 19.0. The molecule has 0 fully saturated rings. The molecule has 0 aliphatic heterocycles. The molecule has 0 spiro atoms. The van der Waals surface area contributed by atoms with E-state index in [1.807, 2.05) is 61.5 Å². The normalized spacial score (nSPS) is 12.6. The maximum atomic E-state index is 13.5. The molecule has 35 heavy (non-hydrogen) atoms. The van der Waals surface area contributed by atoms with Gasteiger partial charge in [0.05, 0.1) is 23.2 Å². The minimum Gasteiger partial charge on any atom is -0.490 e. The summed E-state index contributed by atoms with van der Waals surface area (Å²) in [5.41, 5.74) is 1.71. The number of benzene rings is 3. The first-order valence-electron chi connectivity index (χ1n) is 11.1. The van der Waals surface area contributed by atoms with E-state index in [0.717, 1.165) is 26.3 Å². The molecule has 176 valence electrons. The summed E-state index contributed by atoms with van der Waals surface area (Å²) in [4.78, 5) is 18.2. The van der Waals surface area contributed by atoms with E-state index in [-0.39, 0.29) is 11.7 Å². The number of hydrogen-bond acceptors (Lipinski definition) is 5. The van der Waals surface area contributed by atoms with Gasteiger partial charge in [0, 0.05) is 19.9 Å².